The summed E-state index contributed by atoms with van der Waals surface area (Å²) in [5, 5.41) is 0. The Bertz CT molecular complexity index is 380. The third-order valence-electron chi connectivity index (χ3n) is 3.51. The van der Waals surface area contributed by atoms with Crippen molar-refractivity contribution in [2.75, 3.05) is 11.5 Å². The van der Waals surface area contributed by atoms with Crippen LogP contribution in [0, 0.1) is 5.92 Å². The molecular formula is C15H20OS. The number of carbonyl (C=O) groups excluding carboxylic acids is 1. The van der Waals surface area contributed by atoms with Gasteiger partial charge < -0.3 is 0 Å². The Kier molecular flexibility index (Phi) is 4.66. The van der Waals surface area contributed by atoms with Crippen LogP contribution >= 0.6 is 11.8 Å². The topological polar surface area (TPSA) is 17.1 Å². The number of ketones is 1. The van der Waals surface area contributed by atoms with E-state index in [0.717, 1.165) is 18.4 Å². The monoisotopic (exact) mass is 248 g/mol. The summed E-state index contributed by atoms with van der Waals surface area (Å²) in [4.78, 5) is 12.3. The Morgan fingerprint density at radius 2 is 2.00 bits per heavy atom. The smallest absolute Gasteiger partial charge is 0.163 e. The molecule has 0 bridgehead atoms. The standard InChI is InChI=1S/C15H20OS/c1-2-13-5-3-4-6-14(13)15(16)11-12-7-9-17-10-8-12/h3-6,12H,2,7-11H2,1H3. The second-order valence-electron chi connectivity index (χ2n) is 4.69. The molecule has 0 N–H and O–H groups in total. The fourth-order valence-corrected chi connectivity index (χ4v) is 3.63. The number of thioether (sulfide) groups is 1. The van der Waals surface area contributed by atoms with Gasteiger partial charge in [0.25, 0.3) is 0 Å². The Balaban J connectivity index is 2.03. The van der Waals surface area contributed by atoms with Crippen molar-refractivity contribution >= 4 is 17.5 Å². The molecule has 0 atom stereocenters. The molecule has 1 saturated heterocycles. The number of benzene rings is 1. The lowest BCUT2D eigenvalue weighted by atomic mass is 9.91. The number of hydrogen-bond acceptors (Lipinski definition) is 2. The van der Waals surface area contributed by atoms with Crippen LogP contribution in [-0.2, 0) is 6.42 Å². The highest BCUT2D eigenvalue weighted by Gasteiger charge is 2.19. The Labute approximate surface area is 108 Å². The van der Waals surface area contributed by atoms with Crippen molar-refractivity contribution < 1.29 is 4.79 Å². The van der Waals surface area contributed by atoms with Crippen LogP contribution < -0.4 is 0 Å². The molecule has 2 heteroatoms. The van der Waals surface area contributed by atoms with Crippen molar-refractivity contribution in [3.8, 4) is 0 Å². The SMILES string of the molecule is CCc1ccccc1C(=O)CC1CCSCC1. The fraction of sp³-hybridized carbons (Fsp3) is 0.533. The minimum absolute atomic E-state index is 0.347. The van der Waals surface area contributed by atoms with Gasteiger partial charge in [-0.3, -0.25) is 4.79 Å². The molecule has 1 heterocycles. The van der Waals surface area contributed by atoms with E-state index in [2.05, 4.69) is 13.0 Å². The van der Waals surface area contributed by atoms with Gasteiger partial charge in [-0.2, -0.15) is 11.8 Å². The van der Waals surface area contributed by atoms with E-state index in [1.165, 1.54) is 29.9 Å². The van der Waals surface area contributed by atoms with Gasteiger partial charge in [0, 0.05) is 12.0 Å². The van der Waals surface area contributed by atoms with Crippen LogP contribution in [-0.4, -0.2) is 17.3 Å². The quantitative estimate of drug-likeness (QED) is 0.750. The second kappa shape index (κ2) is 6.25. The minimum Gasteiger partial charge on any atom is -0.294 e. The van der Waals surface area contributed by atoms with Crippen molar-refractivity contribution in [1.82, 2.24) is 0 Å². The van der Waals surface area contributed by atoms with E-state index in [1.54, 1.807) is 0 Å². The van der Waals surface area contributed by atoms with E-state index in [0.29, 0.717) is 11.7 Å². The molecule has 0 radical (unpaired) electrons. The summed E-state index contributed by atoms with van der Waals surface area (Å²) in [5.41, 5.74) is 2.15. The zero-order chi connectivity index (χ0) is 12.1. The second-order valence-corrected chi connectivity index (χ2v) is 5.92. The van der Waals surface area contributed by atoms with Gasteiger partial charge in [0.15, 0.2) is 5.78 Å². The molecule has 92 valence electrons. The first-order valence-electron chi connectivity index (χ1n) is 6.50. The van der Waals surface area contributed by atoms with E-state index in [-0.39, 0.29) is 0 Å². The van der Waals surface area contributed by atoms with Gasteiger partial charge in [0.05, 0.1) is 0 Å². The molecule has 17 heavy (non-hydrogen) atoms. The van der Waals surface area contributed by atoms with Crippen LogP contribution in [0.5, 0.6) is 0 Å². The molecule has 1 aromatic rings. The Morgan fingerprint density at radius 1 is 1.29 bits per heavy atom. The highest BCUT2D eigenvalue weighted by molar-refractivity contribution is 7.99. The predicted octanol–water partition coefficient (Wildman–Crippen LogP) is 3.97. The van der Waals surface area contributed by atoms with E-state index in [1.807, 2.05) is 30.0 Å². The zero-order valence-electron chi connectivity index (χ0n) is 10.4. The largest absolute Gasteiger partial charge is 0.294 e. The van der Waals surface area contributed by atoms with Gasteiger partial charge in [-0.05, 0) is 42.2 Å². The highest BCUT2D eigenvalue weighted by Crippen LogP contribution is 2.27. The number of aryl methyl sites for hydroxylation is 1. The molecule has 1 aromatic carbocycles. The van der Waals surface area contributed by atoms with Crippen molar-refractivity contribution in [2.45, 2.75) is 32.6 Å². The first-order chi connectivity index (χ1) is 8.31. The average Bonchev–Trinajstić information content (AvgIpc) is 2.40. The number of carbonyl (C=O) groups is 1. The van der Waals surface area contributed by atoms with Crippen molar-refractivity contribution in [2.24, 2.45) is 5.92 Å². The maximum Gasteiger partial charge on any atom is 0.163 e. The fourth-order valence-electron chi connectivity index (χ4n) is 2.42. The molecule has 1 fully saturated rings. The molecule has 1 aliphatic rings. The van der Waals surface area contributed by atoms with Gasteiger partial charge in [-0.15, -0.1) is 0 Å². The molecule has 0 unspecified atom stereocenters. The summed E-state index contributed by atoms with van der Waals surface area (Å²) in [6, 6.07) is 8.05. The molecule has 0 aromatic heterocycles. The van der Waals surface area contributed by atoms with Gasteiger partial charge in [-0.25, -0.2) is 0 Å². The number of hydrogen-bond donors (Lipinski definition) is 0. The Hall–Kier alpha value is -0.760. The van der Waals surface area contributed by atoms with Gasteiger partial charge in [0.1, 0.15) is 0 Å². The molecule has 2 rings (SSSR count). The predicted molar refractivity (Wildman–Crippen MR) is 74.8 cm³/mol. The molecule has 1 aliphatic heterocycles. The summed E-state index contributed by atoms with van der Waals surface area (Å²) in [6.07, 6.45) is 4.12. The number of rotatable bonds is 4. The third-order valence-corrected chi connectivity index (χ3v) is 4.56. The summed E-state index contributed by atoms with van der Waals surface area (Å²) < 4.78 is 0. The Morgan fingerprint density at radius 3 is 2.71 bits per heavy atom. The minimum atomic E-state index is 0.347. The van der Waals surface area contributed by atoms with Crippen LogP contribution in [0.25, 0.3) is 0 Å². The van der Waals surface area contributed by atoms with E-state index >= 15 is 0 Å². The lowest BCUT2D eigenvalue weighted by Crippen LogP contribution is -2.15. The lowest BCUT2D eigenvalue weighted by Gasteiger charge is -2.20. The van der Waals surface area contributed by atoms with Crippen molar-refractivity contribution in [3.63, 3.8) is 0 Å². The van der Waals surface area contributed by atoms with E-state index in [9.17, 15) is 4.79 Å². The normalized spacial score (nSPS) is 17.0. The van der Waals surface area contributed by atoms with Crippen molar-refractivity contribution in [3.05, 3.63) is 35.4 Å². The molecule has 1 nitrogen and oxygen atoms in total. The lowest BCUT2D eigenvalue weighted by molar-refractivity contribution is 0.0958. The molecule has 0 spiro atoms. The molecular weight excluding hydrogens is 228 g/mol. The van der Waals surface area contributed by atoms with Gasteiger partial charge in [0.2, 0.25) is 0 Å². The van der Waals surface area contributed by atoms with Crippen LogP contribution in [0.3, 0.4) is 0 Å². The van der Waals surface area contributed by atoms with Crippen LogP contribution in [0.4, 0.5) is 0 Å². The zero-order valence-corrected chi connectivity index (χ0v) is 11.3. The first kappa shape index (κ1) is 12.7. The first-order valence-corrected chi connectivity index (χ1v) is 7.65. The van der Waals surface area contributed by atoms with Crippen molar-refractivity contribution in [1.29, 1.82) is 0 Å². The van der Waals surface area contributed by atoms with Crippen LogP contribution in [0.1, 0.15) is 42.1 Å². The third kappa shape index (κ3) is 3.35. The summed E-state index contributed by atoms with van der Waals surface area (Å²) in [7, 11) is 0. The maximum absolute atomic E-state index is 12.3. The average molecular weight is 248 g/mol. The molecule has 0 saturated carbocycles. The van der Waals surface area contributed by atoms with Crippen LogP contribution in [0.2, 0.25) is 0 Å². The number of Topliss-reactive ketones (excluding diaryl/α,β-unsaturated/α-hetero) is 1. The maximum atomic E-state index is 12.3. The van der Waals surface area contributed by atoms with Crippen LogP contribution in [0.15, 0.2) is 24.3 Å². The van der Waals surface area contributed by atoms with Gasteiger partial charge >= 0.3 is 0 Å². The molecule has 0 amide bonds. The summed E-state index contributed by atoms with van der Waals surface area (Å²) in [6.45, 7) is 2.11. The summed E-state index contributed by atoms with van der Waals surface area (Å²) >= 11 is 2.02. The van der Waals surface area contributed by atoms with E-state index in [4.69, 9.17) is 0 Å². The van der Waals surface area contributed by atoms with Gasteiger partial charge in [-0.1, -0.05) is 31.2 Å². The van der Waals surface area contributed by atoms with E-state index < -0.39 is 0 Å². The molecule has 0 aliphatic carbocycles. The highest BCUT2D eigenvalue weighted by atomic mass is 32.2. The summed E-state index contributed by atoms with van der Waals surface area (Å²) in [5.74, 6) is 3.42.